The van der Waals surface area contributed by atoms with Crippen molar-refractivity contribution in [3.05, 3.63) is 71.3 Å². The molecule has 0 saturated heterocycles. The number of hydrogen-bond acceptors (Lipinski definition) is 4. The average Bonchev–Trinajstić information content (AvgIpc) is 2.83. The second kappa shape index (κ2) is 10.5. The lowest BCUT2D eigenvalue weighted by atomic mass is 9.68. The molecular weight excluding hydrogens is 449 g/mol. The van der Waals surface area contributed by atoms with Crippen LogP contribution in [0.3, 0.4) is 0 Å². The van der Waals surface area contributed by atoms with Crippen LogP contribution in [0.5, 0.6) is 0 Å². The maximum Gasteiger partial charge on any atom is 0.418 e. The zero-order chi connectivity index (χ0) is 24.9. The van der Waals surface area contributed by atoms with E-state index >= 15 is 0 Å². The molecule has 0 heterocycles. The second-order valence-electron chi connectivity index (χ2n) is 8.64. The van der Waals surface area contributed by atoms with Gasteiger partial charge in [-0.1, -0.05) is 42.5 Å². The molecule has 6 nitrogen and oxygen atoms in total. The normalized spacial score (nSPS) is 21.5. The molecule has 1 aliphatic carbocycles. The molecule has 1 saturated carbocycles. The van der Waals surface area contributed by atoms with Gasteiger partial charge in [-0.05, 0) is 55.9 Å². The van der Waals surface area contributed by atoms with Crippen LogP contribution in [0.4, 0.5) is 18.0 Å². The molecular formula is C25H29F3N2O4. The highest BCUT2D eigenvalue weighted by Gasteiger charge is 2.41. The van der Waals surface area contributed by atoms with E-state index in [4.69, 9.17) is 10.5 Å². The van der Waals surface area contributed by atoms with Crippen LogP contribution in [0.15, 0.2) is 54.6 Å². The first-order valence-corrected chi connectivity index (χ1v) is 11.2. The van der Waals surface area contributed by atoms with Gasteiger partial charge >= 0.3 is 12.3 Å². The monoisotopic (exact) mass is 478 g/mol. The van der Waals surface area contributed by atoms with Crippen LogP contribution >= 0.6 is 0 Å². The first kappa shape index (κ1) is 25.6. The predicted molar refractivity (Wildman–Crippen MR) is 120 cm³/mol. The highest BCUT2D eigenvalue weighted by Crippen LogP contribution is 2.41. The number of carbonyl (C=O) groups is 2. The number of alkyl halides is 3. The summed E-state index contributed by atoms with van der Waals surface area (Å²) in [6.45, 7) is 2.45. The number of hydrogen-bond donors (Lipinski definition) is 2. The number of carbonyl (C=O) groups excluding carboxylic acids is 2. The first-order chi connectivity index (χ1) is 16.1. The van der Waals surface area contributed by atoms with Crippen LogP contribution in [0.1, 0.15) is 60.2 Å². The number of amides is 2. The largest absolute Gasteiger partial charge is 0.449 e. The van der Waals surface area contributed by atoms with E-state index in [2.05, 4.69) is 0 Å². The third-order valence-corrected chi connectivity index (χ3v) is 6.61. The molecule has 0 spiro atoms. The summed E-state index contributed by atoms with van der Waals surface area (Å²) in [5.74, 6) is -0.277. The number of benzene rings is 2. The number of aliphatic hydroxyl groups is 1. The topological polar surface area (TPSA) is 92.9 Å². The maximum absolute atomic E-state index is 13.2. The highest BCUT2D eigenvalue weighted by molar-refractivity contribution is 5.94. The number of nitrogens with zero attached hydrogens (tertiary/aromatic N) is 1. The van der Waals surface area contributed by atoms with Crippen molar-refractivity contribution in [1.29, 1.82) is 0 Å². The van der Waals surface area contributed by atoms with E-state index < -0.39 is 23.8 Å². The molecule has 0 aliphatic heterocycles. The number of primary amides is 1. The molecule has 3 N–H and O–H groups in total. The number of rotatable bonds is 7. The van der Waals surface area contributed by atoms with Crippen LogP contribution in [0.2, 0.25) is 0 Å². The van der Waals surface area contributed by atoms with Gasteiger partial charge in [0.2, 0.25) is 0 Å². The quantitative estimate of drug-likeness (QED) is 0.602. The van der Waals surface area contributed by atoms with Crippen molar-refractivity contribution in [1.82, 2.24) is 4.90 Å². The second-order valence-corrected chi connectivity index (χ2v) is 8.64. The van der Waals surface area contributed by atoms with Crippen LogP contribution < -0.4 is 5.73 Å². The van der Waals surface area contributed by atoms with Gasteiger partial charge in [0.1, 0.15) is 6.61 Å². The fraction of sp³-hybridized carbons (Fsp3) is 0.440. The molecule has 0 bridgehead atoms. The summed E-state index contributed by atoms with van der Waals surface area (Å²) in [4.78, 5) is 26.1. The van der Waals surface area contributed by atoms with Crippen molar-refractivity contribution in [2.45, 2.75) is 56.3 Å². The Labute approximate surface area is 196 Å². The van der Waals surface area contributed by atoms with Crippen molar-refractivity contribution in [3.8, 4) is 0 Å². The van der Waals surface area contributed by atoms with E-state index in [9.17, 15) is 27.9 Å². The molecule has 2 aromatic rings. The molecule has 2 amide bonds. The van der Waals surface area contributed by atoms with Crippen LogP contribution in [-0.4, -0.2) is 47.4 Å². The van der Waals surface area contributed by atoms with Crippen LogP contribution in [0.25, 0.3) is 0 Å². The Kier molecular flexibility index (Phi) is 7.86. The third kappa shape index (κ3) is 5.70. The Morgan fingerprint density at radius 1 is 1.12 bits per heavy atom. The SMILES string of the molecule is CCN(C(=O)c1ccc([C@H](O)C(F)(F)F)cc1)C1CCC(COC(N)=O)(c2ccccc2)CC1. The number of ether oxygens (including phenoxy) is 1. The minimum atomic E-state index is -4.77. The van der Waals surface area contributed by atoms with Crippen LogP contribution in [-0.2, 0) is 10.2 Å². The van der Waals surface area contributed by atoms with Gasteiger partial charge in [-0.2, -0.15) is 13.2 Å². The van der Waals surface area contributed by atoms with Gasteiger partial charge in [0.25, 0.3) is 5.91 Å². The molecule has 9 heteroatoms. The molecule has 1 aliphatic rings. The Hall–Kier alpha value is -3.07. The minimum absolute atomic E-state index is 0.0663. The van der Waals surface area contributed by atoms with E-state index in [0.717, 1.165) is 17.7 Å². The summed E-state index contributed by atoms with van der Waals surface area (Å²) in [7, 11) is 0. The third-order valence-electron chi connectivity index (χ3n) is 6.61. The maximum atomic E-state index is 13.2. The molecule has 184 valence electrons. The molecule has 0 unspecified atom stereocenters. The lowest BCUT2D eigenvalue weighted by Crippen LogP contribution is -2.47. The van der Waals surface area contributed by atoms with Crippen molar-refractivity contribution < 1.29 is 32.6 Å². The van der Waals surface area contributed by atoms with Gasteiger partial charge in [-0.25, -0.2) is 4.79 Å². The van der Waals surface area contributed by atoms with Gasteiger partial charge in [0, 0.05) is 23.6 Å². The molecule has 3 rings (SSSR count). The molecule has 1 fully saturated rings. The first-order valence-electron chi connectivity index (χ1n) is 11.2. The van der Waals surface area contributed by atoms with Crippen molar-refractivity contribution in [3.63, 3.8) is 0 Å². The van der Waals surface area contributed by atoms with Crippen molar-refractivity contribution in [2.24, 2.45) is 5.73 Å². The van der Waals surface area contributed by atoms with E-state index in [1.807, 2.05) is 37.3 Å². The smallest absolute Gasteiger partial charge is 0.418 e. The molecule has 34 heavy (non-hydrogen) atoms. The summed E-state index contributed by atoms with van der Waals surface area (Å²) in [5.41, 5.74) is 5.80. The van der Waals surface area contributed by atoms with Crippen molar-refractivity contribution >= 4 is 12.0 Å². The standard InChI is InChI=1S/C25H29F3N2O4/c1-2-30(22(32)18-10-8-17(9-11-18)21(31)25(26,27)28)20-12-14-24(15-13-20,16-34-23(29)33)19-6-4-3-5-7-19/h3-11,20-21,31H,2,12-16H2,1H3,(H2,29,33)/t20?,21-,24?/m0/s1. The fourth-order valence-electron chi connectivity index (χ4n) is 4.71. The summed E-state index contributed by atoms with van der Waals surface area (Å²) in [5, 5.41) is 9.41. The number of aliphatic hydroxyl groups excluding tert-OH is 1. The van der Waals surface area contributed by atoms with Gasteiger partial charge in [-0.15, -0.1) is 0 Å². The molecule has 0 aromatic heterocycles. The van der Waals surface area contributed by atoms with Crippen molar-refractivity contribution in [2.75, 3.05) is 13.2 Å². The Balaban J connectivity index is 1.73. The fourth-order valence-corrected chi connectivity index (χ4v) is 4.71. The Morgan fingerprint density at radius 3 is 2.21 bits per heavy atom. The summed E-state index contributed by atoms with van der Waals surface area (Å²) < 4.78 is 43.4. The number of nitrogens with two attached hydrogens (primary N) is 1. The minimum Gasteiger partial charge on any atom is -0.449 e. The molecule has 0 radical (unpaired) electrons. The van der Waals surface area contributed by atoms with Gasteiger partial charge in [0.15, 0.2) is 6.10 Å². The predicted octanol–water partition coefficient (Wildman–Crippen LogP) is 4.72. The van der Waals surface area contributed by atoms with E-state index in [0.29, 0.717) is 32.2 Å². The van der Waals surface area contributed by atoms with Crippen LogP contribution in [0, 0.1) is 0 Å². The lowest BCUT2D eigenvalue weighted by molar-refractivity contribution is -0.206. The number of halogens is 3. The zero-order valence-electron chi connectivity index (χ0n) is 18.9. The summed E-state index contributed by atoms with van der Waals surface area (Å²) >= 11 is 0. The zero-order valence-corrected chi connectivity index (χ0v) is 18.9. The van der Waals surface area contributed by atoms with Gasteiger partial charge < -0.3 is 20.5 Å². The van der Waals surface area contributed by atoms with E-state index in [1.54, 1.807) is 4.90 Å². The van der Waals surface area contributed by atoms with Gasteiger partial charge in [0.05, 0.1) is 0 Å². The highest BCUT2D eigenvalue weighted by atomic mass is 19.4. The lowest BCUT2D eigenvalue weighted by Gasteiger charge is -2.43. The molecule has 2 aromatic carbocycles. The Bertz CT molecular complexity index is 972. The average molecular weight is 479 g/mol. The molecule has 1 atom stereocenters. The summed E-state index contributed by atoms with van der Waals surface area (Å²) in [6.07, 6.45) is -5.51. The van der Waals surface area contributed by atoms with E-state index in [-0.39, 0.29) is 29.7 Å². The summed E-state index contributed by atoms with van der Waals surface area (Å²) in [6, 6.07) is 14.6. The Morgan fingerprint density at radius 2 is 1.71 bits per heavy atom. The van der Waals surface area contributed by atoms with Gasteiger partial charge in [-0.3, -0.25) is 4.79 Å². The van der Waals surface area contributed by atoms with E-state index in [1.165, 1.54) is 12.1 Å².